The average Bonchev–Trinajstić information content (AvgIpc) is 2.60. The summed E-state index contributed by atoms with van der Waals surface area (Å²) in [6.07, 6.45) is 0. The van der Waals surface area contributed by atoms with Crippen molar-refractivity contribution in [2.45, 2.75) is 18.9 Å². The predicted molar refractivity (Wildman–Crippen MR) is 93.7 cm³/mol. The van der Waals surface area contributed by atoms with Gasteiger partial charge in [0.25, 0.3) is 5.91 Å². The number of carboxylic acid groups (broad SMARTS) is 1. The van der Waals surface area contributed by atoms with Crippen LogP contribution >= 0.6 is 0 Å². The number of methoxy groups -OCH3 is 1. The van der Waals surface area contributed by atoms with Gasteiger partial charge in [0.1, 0.15) is 5.92 Å². The van der Waals surface area contributed by atoms with Crippen LogP contribution in [0.3, 0.4) is 0 Å². The molecule has 25 heavy (non-hydrogen) atoms. The smallest absolute Gasteiger partial charge is 0.313 e. The molecule has 1 aliphatic heterocycles. The molecule has 0 saturated carbocycles. The second-order valence-electron chi connectivity index (χ2n) is 6.25. The van der Waals surface area contributed by atoms with Crippen LogP contribution in [0.2, 0.25) is 0 Å². The highest BCUT2D eigenvalue weighted by Crippen LogP contribution is 2.42. The monoisotopic (exact) mass is 339 g/mol. The molecular weight excluding hydrogens is 318 g/mol. The van der Waals surface area contributed by atoms with Crippen molar-refractivity contribution in [3.63, 3.8) is 0 Å². The van der Waals surface area contributed by atoms with Crippen molar-refractivity contribution in [2.24, 2.45) is 0 Å². The van der Waals surface area contributed by atoms with E-state index < -0.39 is 17.9 Å². The zero-order valence-corrected chi connectivity index (χ0v) is 14.3. The maximum Gasteiger partial charge on any atom is 0.313 e. The third-order valence-corrected chi connectivity index (χ3v) is 4.62. The number of aryl methyl sites for hydroxylation is 1. The Morgan fingerprint density at radius 3 is 2.64 bits per heavy atom. The van der Waals surface area contributed by atoms with Gasteiger partial charge < -0.3 is 14.7 Å². The quantitative estimate of drug-likeness (QED) is 0.909. The lowest BCUT2D eigenvalue weighted by molar-refractivity contribution is -0.140. The van der Waals surface area contributed by atoms with E-state index in [0.29, 0.717) is 24.3 Å². The molecule has 2 aromatic rings. The molecule has 3 rings (SSSR count). The van der Waals surface area contributed by atoms with Crippen LogP contribution in [0.15, 0.2) is 48.5 Å². The summed E-state index contributed by atoms with van der Waals surface area (Å²) < 4.78 is 5.14. The maximum absolute atomic E-state index is 13.0. The fraction of sp³-hybridized carbons (Fsp3) is 0.300. The Hall–Kier alpha value is -2.66. The predicted octanol–water partition coefficient (Wildman–Crippen LogP) is 3.01. The first kappa shape index (κ1) is 17.2. The summed E-state index contributed by atoms with van der Waals surface area (Å²) in [7, 11) is 1.57. The van der Waals surface area contributed by atoms with Crippen LogP contribution in [0.1, 0.15) is 39.0 Å². The van der Waals surface area contributed by atoms with E-state index in [2.05, 4.69) is 0 Å². The van der Waals surface area contributed by atoms with Gasteiger partial charge >= 0.3 is 5.97 Å². The minimum absolute atomic E-state index is 0.156. The molecule has 0 unspecified atom stereocenters. The van der Waals surface area contributed by atoms with Crippen molar-refractivity contribution in [3.05, 3.63) is 70.8 Å². The number of carbonyl (C=O) groups excluding carboxylic acids is 1. The molecule has 1 aliphatic rings. The molecule has 0 bridgehead atoms. The second kappa shape index (κ2) is 7.07. The van der Waals surface area contributed by atoms with Crippen LogP contribution in [-0.2, 0) is 9.53 Å². The van der Waals surface area contributed by atoms with E-state index in [9.17, 15) is 14.7 Å². The van der Waals surface area contributed by atoms with Gasteiger partial charge in [-0.15, -0.1) is 0 Å². The number of fused-ring (bicyclic) bond motifs is 1. The number of benzene rings is 2. The van der Waals surface area contributed by atoms with Crippen LogP contribution in [0.4, 0.5) is 0 Å². The van der Waals surface area contributed by atoms with Gasteiger partial charge in [-0.05, 0) is 24.1 Å². The van der Waals surface area contributed by atoms with Gasteiger partial charge in [0.15, 0.2) is 0 Å². The van der Waals surface area contributed by atoms with E-state index in [-0.39, 0.29) is 5.91 Å². The average molecular weight is 339 g/mol. The minimum atomic E-state index is -0.936. The van der Waals surface area contributed by atoms with Gasteiger partial charge in [-0.1, -0.05) is 48.0 Å². The Morgan fingerprint density at radius 2 is 1.96 bits per heavy atom. The van der Waals surface area contributed by atoms with E-state index in [1.165, 1.54) is 0 Å². The lowest BCUT2D eigenvalue weighted by Crippen LogP contribution is -2.46. The largest absolute Gasteiger partial charge is 0.481 e. The molecule has 2 atom stereocenters. The molecule has 0 spiro atoms. The van der Waals surface area contributed by atoms with Crippen molar-refractivity contribution in [2.75, 3.05) is 20.3 Å². The summed E-state index contributed by atoms with van der Waals surface area (Å²) in [5, 5.41) is 9.95. The summed E-state index contributed by atoms with van der Waals surface area (Å²) in [6.45, 7) is 2.64. The van der Waals surface area contributed by atoms with Crippen LogP contribution in [0, 0.1) is 6.92 Å². The Labute approximate surface area is 146 Å². The highest BCUT2D eigenvalue weighted by atomic mass is 16.5. The lowest BCUT2D eigenvalue weighted by Gasteiger charge is -2.40. The number of carboxylic acids is 1. The number of carbonyl (C=O) groups is 2. The first-order chi connectivity index (χ1) is 12.0. The fourth-order valence-electron chi connectivity index (χ4n) is 3.52. The molecule has 2 aromatic carbocycles. The van der Waals surface area contributed by atoms with Crippen LogP contribution in [0.5, 0.6) is 0 Å². The first-order valence-electron chi connectivity index (χ1n) is 8.22. The summed E-state index contributed by atoms with van der Waals surface area (Å²) in [5.74, 6) is -1.90. The Kier molecular flexibility index (Phi) is 4.86. The van der Waals surface area contributed by atoms with E-state index in [4.69, 9.17) is 4.74 Å². The van der Waals surface area contributed by atoms with E-state index >= 15 is 0 Å². The normalized spacial score (nSPS) is 19.6. The molecular formula is C20H21NO4. The van der Waals surface area contributed by atoms with Crippen molar-refractivity contribution in [1.29, 1.82) is 0 Å². The number of aliphatic carboxylic acids is 1. The highest BCUT2D eigenvalue weighted by Gasteiger charge is 2.43. The molecule has 0 aromatic heterocycles. The van der Waals surface area contributed by atoms with Gasteiger partial charge in [-0.3, -0.25) is 9.59 Å². The number of rotatable bonds is 5. The van der Waals surface area contributed by atoms with Gasteiger partial charge in [0, 0.05) is 19.2 Å². The lowest BCUT2D eigenvalue weighted by atomic mass is 9.79. The van der Waals surface area contributed by atoms with Crippen LogP contribution in [0.25, 0.3) is 0 Å². The van der Waals surface area contributed by atoms with Gasteiger partial charge in [0.05, 0.1) is 12.6 Å². The number of hydrogen-bond acceptors (Lipinski definition) is 3. The zero-order chi connectivity index (χ0) is 18.0. The molecule has 130 valence electrons. The molecule has 0 radical (unpaired) electrons. The molecule has 0 saturated heterocycles. The number of ether oxygens (including phenoxy) is 1. The fourth-order valence-corrected chi connectivity index (χ4v) is 3.52. The molecule has 1 N–H and O–H groups in total. The molecule has 5 heteroatoms. The maximum atomic E-state index is 13.0. The standard InChI is InChI=1S/C20H21NO4/c1-13-6-5-7-14(12-13)18-17(20(23)24)15-8-3-4-9-16(15)19(22)21(18)10-11-25-2/h3-9,12,17-18H,10-11H2,1-2H3,(H,23,24)/t17-,18-/m1/s1. The Morgan fingerprint density at radius 1 is 1.20 bits per heavy atom. The Bertz CT molecular complexity index is 802. The third kappa shape index (κ3) is 3.15. The Balaban J connectivity index is 2.18. The first-order valence-corrected chi connectivity index (χ1v) is 8.22. The van der Waals surface area contributed by atoms with Crippen molar-refractivity contribution >= 4 is 11.9 Å². The van der Waals surface area contributed by atoms with Gasteiger partial charge in [0.2, 0.25) is 0 Å². The number of nitrogens with zero attached hydrogens (tertiary/aromatic N) is 1. The van der Waals surface area contributed by atoms with Gasteiger partial charge in [-0.25, -0.2) is 0 Å². The third-order valence-electron chi connectivity index (χ3n) is 4.62. The van der Waals surface area contributed by atoms with E-state index in [1.54, 1.807) is 36.3 Å². The summed E-state index contributed by atoms with van der Waals surface area (Å²) in [4.78, 5) is 26.8. The van der Waals surface area contributed by atoms with E-state index in [0.717, 1.165) is 11.1 Å². The highest BCUT2D eigenvalue weighted by molar-refractivity contribution is 6.00. The summed E-state index contributed by atoms with van der Waals surface area (Å²) in [6, 6.07) is 14.1. The summed E-state index contributed by atoms with van der Waals surface area (Å²) >= 11 is 0. The van der Waals surface area contributed by atoms with Crippen molar-refractivity contribution < 1.29 is 19.4 Å². The van der Waals surface area contributed by atoms with Crippen molar-refractivity contribution in [3.8, 4) is 0 Å². The van der Waals surface area contributed by atoms with E-state index in [1.807, 2.05) is 31.2 Å². The summed E-state index contributed by atoms with van der Waals surface area (Å²) in [5.41, 5.74) is 2.88. The number of amides is 1. The molecule has 0 fully saturated rings. The minimum Gasteiger partial charge on any atom is -0.481 e. The topological polar surface area (TPSA) is 66.8 Å². The molecule has 1 amide bonds. The van der Waals surface area contributed by atoms with Crippen LogP contribution < -0.4 is 0 Å². The number of hydrogen-bond donors (Lipinski definition) is 1. The molecule has 5 nitrogen and oxygen atoms in total. The van der Waals surface area contributed by atoms with Crippen LogP contribution in [-0.4, -0.2) is 42.1 Å². The molecule has 0 aliphatic carbocycles. The SMILES string of the molecule is COCCN1C(=O)c2ccccc2[C@@H](C(=O)O)[C@H]1c1cccc(C)c1. The van der Waals surface area contributed by atoms with Crippen molar-refractivity contribution in [1.82, 2.24) is 4.90 Å². The molecule has 1 heterocycles. The zero-order valence-electron chi connectivity index (χ0n) is 14.3. The second-order valence-corrected chi connectivity index (χ2v) is 6.25. The van der Waals surface area contributed by atoms with Gasteiger partial charge in [-0.2, -0.15) is 0 Å².